The highest BCUT2D eigenvalue weighted by Crippen LogP contribution is 2.44. The number of amides is 1. The van der Waals surface area contributed by atoms with Crippen LogP contribution in [0.1, 0.15) is 46.0 Å². The highest BCUT2D eigenvalue weighted by atomic mass is 35.5. The standard InChI is InChI=1S/C12H22N2O.ClH/c1-3-12(5-4-8-14-12)10(15)13-9-11(2)6-7-11;/h14H,3-9H2,1-2H3,(H,13,15);1H. The third-order valence-corrected chi connectivity index (χ3v) is 4.06. The molecule has 0 aromatic carbocycles. The molecule has 0 aromatic rings. The second kappa shape index (κ2) is 4.92. The normalized spacial score (nSPS) is 30.6. The molecule has 0 aromatic heterocycles. The Hall–Kier alpha value is -0.280. The molecular weight excluding hydrogens is 224 g/mol. The molecule has 1 saturated heterocycles. The predicted octanol–water partition coefficient (Wildman–Crippen LogP) is 1.86. The molecule has 0 radical (unpaired) electrons. The molecule has 1 atom stereocenters. The molecule has 0 spiro atoms. The molecule has 1 amide bonds. The lowest BCUT2D eigenvalue weighted by Gasteiger charge is -2.27. The minimum absolute atomic E-state index is 0. The zero-order valence-electron chi connectivity index (χ0n) is 10.3. The van der Waals surface area contributed by atoms with Crippen LogP contribution in [0.15, 0.2) is 0 Å². The topological polar surface area (TPSA) is 41.1 Å². The third kappa shape index (κ3) is 2.69. The number of rotatable bonds is 4. The summed E-state index contributed by atoms with van der Waals surface area (Å²) in [5.74, 6) is 0.218. The molecule has 2 fully saturated rings. The van der Waals surface area contributed by atoms with Gasteiger partial charge in [-0.1, -0.05) is 13.8 Å². The van der Waals surface area contributed by atoms with Crippen LogP contribution in [0.4, 0.5) is 0 Å². The average Bonchev–Trinajstić information content (AvgIpc) is 2.81. The molecule has 1 saturated carbocycles. The van der Waals surface area contributed by atoms with E-state index in [1.54, 1.807) is 0 Å². The maximum absolute atomic E-state index is 12.1. The van der Waals surface area contributed by atoms with Crippen molar-refractivity contribution < 1.29 is 4.79 Å². The summed E-state index contributed by atoms with van der Waals surface area (Å²) in [5, 5.41) is 6.48. The maximum Gasteiger partial charge on any atom is 0.240 e. The second-order valence-corrected chi connectivity index (χ2v) is 5.46. The van der Waals surface area contributed by atoms with Crippen LogP contribution >= 0.6 is 12.4 Å². The van der Waals surface area contributed by atoms with E-state index in [1.807, 2.05) is 0 Å². The number of carbonyl (C=O) groups excluding carboxylic acids is 1. The fourth-order valence-electron chi connectivity index (χ4n) is 2.32. The monoisotopic (exact) mass is 246 g/mol. The van der Waals surface area contributed by atoms with Crippen molar-refractivity contribution in [1.29, 1.82) is 0 Å². The number of carbonyl (C=O) groups is 1. The lowest BCUT2D eigenvalue weighted by atomic mass is 9.93. The molecular formula is C12H23ClN2O. The van der Waals surface area contributed by atoms with E-state index in [0.717, 1.165) is 32.4 Å². The zero-order chi connectivity index (χ0) is 10.9. The van der Waals surface area contributed by atoms with Crippen molar-refractivity contribution >= 4 is 18.3 Å². The Labute approximate surface area is 104 Å². The van der Waals surface area contributed by atoms with Crippen LogP contribution in [-0.2, 0) is 4.79 Å². The van der Waals surface area contributed by atoms with Crippen molar-refractivity contribution in [2.45, 2.75) is 51.5 Å². The Balaban J connectivity index is 0.00000128. The van der Waals surface area contributed by atoms with E-state index < -0.39 is 0 Å². The molecule has 1 aliphatic heterocycles. The van der Waals surface area contributed by atoms with Gasteiger partial charge < -0.3 is 10.6 Å². The van der Waals surface area contributed by atoms with E-state index in [4.69, 9.17) is 0 Å². The van der Waals surface area contributed by atoms with Crippen LogP contribution in [0.25, 0.3) is 0 Å². The van der Waals surface area contributed by atoms with E-state index in [1.165, 1.54) is 12.8 Å². The minimum Gasteiger partial charge on any atom is -0.354 e. The fraction of sp³-hybridized carbons (Fsp3) is 0.917. The van der Waals surface area contributed by atoms with Gasteiger partial charge in [0.25, 0.3) is 0 Å². The van der Waals surface area contributed by atoms with E-state index in [-0.39, 0.29) is 23.9 Å². The van der Waals surface area contributed by atoms with E-state index in [2.05, 4.69) is 24.5 Å². The summed E-state index contributed by atoms with van der Waals surface area (Å²) in [6.07, 6.45) is 5.54. The van der Waals surface area contributed by atoms with Gasteiger partial charge >= 0.3 is 0 Å². The Bertz CT molecular complexity index is 258. The first kappa shape index (κ1) is 13.8. The highest BCUT2D eigenvalue weighted by molar-refractivity contribution is 5.86. The van der Waals surface area contributed by atoms with Gasteiger partial charge in [0, 0.05) is 6.54 Å². The molecule has 2 N–H and O–H groups in total. The number of hydrogen-bond acceptors (Lipinski definition) is 2. The van der Waals surface area contributed by atoms with Crippen molar-refractivity contribution in [1.82, 2.24) is 10.6 Å². The third-order valence-electron chi connectivity index (χ3n) is 4.06. The van der Waals surface area contributed by atoms with Gasteiger partial charge in [-0.25, -0.2) is 0 Å². The van der Waals surface area contributed by atoms with E-state index in [0.29, 0.717) is 5.41 Å². The summed E-state index contributed by atoms with van der Waals surface area (Å²) in [6.45, 7) is 6.18. The van der Waals surface area contributed by atoms with Gasteiger partial charge in [0.1, 0.15) is 0 Å². The molecule has 3 nitrogen and oxygen atoms in total. The molecule has 94 valence electrons. The van der Waals surface area contributed by atoms with Gasteiger partial charge in [-0.2, -0.15) is 0 Å². The lowest BCUT2D eigenvalue weighted by molar-refractivity contribution is -0.127. The fourth-order valence-corrected chi connectivity index (χ4v) is 2.32. The lowest BCUT2D eigenvalue weighted by Crippen LogP contribution is -2.53. The molecule has 1 aliphatic carbocycles. The maximum atomic E-state index is 12.1. The van der Waals surface area contributed by atoms with Crippen LogP contribution in [0, 0.1) is 5.41 Å². The molecule has 16 heavy (non-hydrogen) atoms. The van der Waals surface area contributed by atoms with Gasteiger partial charge in [-0.05, 0) is 44.1 Å². The van der Waals surface area contributed by atoms with Crippen molar-refractivity contribution in [3.63, 3.8) is 0 Å². The second-order valence-electron chi connectivity index (χ2n) is 5.46. The average molecular weight is 247 g/mol. The van der Waals surface area contributed by atoms with Gasteiger partial charge in [0.05, 0.1) is 5.54 Å². The largest absolute Gasteiger partial charge is 0.354 e. The van der Waals surface area contributed by atoms with Gasteiger partial charge in [-0.3, -0.25) is 4.79 Å². The summed E-state index contributed by atoms with van der Waals surface area (Å²) >= 11 is 0. The minimum atomic E-state index is -0.259. The van der Waals surface area contributed by atoms with Crippen LogP contribution < -0.4 is 10.6 Å². The Morgan fingerprint density at radius 2 is 2.06 bits per heavy atom. The number of halogens is 1. The number of hydrogen-bond donors (Lipinski definition) is 2. The van der Waals surface area contributed by atoms with Crippen LogP contribution in [0.3, 0.4) is 0 Å². The Morgan fingerprint density at radius 3 is 2.50 bits per heavy atom. The summed E-state index contributed by atoms with van der Waals surface area (Å²) < 4.78 is 0. The summed E-state index contributed by atoms with van der Waals surface area (Å²) in [6, 6.07) is 0. The van der Waals surface area contributed by atoms with Crippen LogP contribution in [0.2, 0.25) is 0 Å². The summed E-state index contributed by atoms with van der Waals surface area (Å²) in [4.78, 5) is 12.1. The first-order valence-electron chi connectivity index (χ1n) is 6.14. The van der Waals surface area contributed by atoms with E-state index in [9.17, 15) is 4.79 Å². The Kier molecular flexibility index (Phi) is 4.24. The molecule has 2 rings (SSSR count). The van der Waals surface area contributed by atoms with Crippen molar-refractivity contribution in [3.05, 3.63) is 0 Å². The molecule has 2 aliphatic rings. The van der Waals surface area contributed by atoms with E-state index >= 15 is 0 Å². The first-order chi connectivity index (χ1) is 7.10. The van der Waals surface area contributed by atoms with Crippen molar-refractivity contribution in [2.24, 2.45) is 5.41 Å². The SMILES string of the molecule is CCC1(C(=O)NCC2(C)CC2)CCCN1.Cl. The summed E-state index contributed by atoms with van der Waals surface area (Å²) in [5.41, 5.74) is 0.147. The first-order valence-corrected chi connectivity index (χ1v) is 6.14. The van der Waals surface area contributed by atoms with Gasteiger partial charge in [0.15, 0.2) is 0 Å². The van der Waals surface area contributed by atoms with Crippen LogP contribution in [-0.4, -0.2) is 24.5 Å². The van der Waals surface area contributed by atoms with Gasteiger partial charge in [-0.15, -0.1) is 12.4 Å². The highest BCUT2D eigenvalue weighted by Gasteiger charge is 2.42. The quantitative estimate of drug-likeness (QED) is 0.795. The molecule has 1 heterocycles. The van der Waals surface area contributed by atoms with Crippen LogP contribution in [0.5, 0.6) is 0 Å². The van der Waals surface area contributed by atoms with Gasteiger partial charge in [0.2, 0.25) is 5.91 Å². The zero-order valence-corrected chi connectivity index (χ0v) is 11.1. The molecule has 0 bridgehead atoms. The van der Waals surface area contributed by atoms with Crippen molar-refractivity contribution in [3.8, 4) is 0 Å². The molecule has 4 heteroatoms. The van der Waals surface area contributed by atoms with Crippen molar-refractivity contribution in [2.75, 3.05) is 13.1 Å². The summed E-state index contributed by atoms with van der Waals surface area (Å²) in [7, 11) is 0. The smallest absolute Gasteiger partial charge is 0.240 e. The predicted molar refractivity (Wildman–Crippen MR) is 67.9 cm³/mol. The molecule has 1 unspecified atom stereocenters. The number of nitrogens with one attached hydrogen (secondary N) is 2. The Morgan fingerprint density at radius 1 is 1.38 bits per heavy atom.